The number of pyridine rings is 1. The van der Waals surface area contributed by atoms with E-state index in [1.54, 1.807) is 6.07 Å². The van der Waals surface area contributed by atoms with Gasteiger partial charge in [-0.3, -0.25) is 24.3 Å². The van der Waals surface area contributed by atoms with E-state index in [2.05, 4.69) is 19.2 Å². The van der Waals surface area contributed by atoms with Crippen LogP contribution in [0.1, 0.15) is 38.7 Å². The summed E-state index contributed by atoms with van der Waals surface area (Å²) >= 11 is 0. The van der Waals surface area contributed by atoms with Crippen LogP contribution in [0.2, 0.25) is 0 Å². The molecule has 24 heavy (non-hydrogen) atoms. The van der Waals surface area contributed by atoms with E-state index < -0.39 is 16.2 Å². The fourth-order valence-electron chi connectivity index (χ4n) is 3.11. The summed E-state index contributed by atoms with van der Waals surface area (Å²) in [4.78, 5) is 34.5. The molecule has 1 saturated carbocycles. The van der Waals surface area contributed by atoms with E-state index in [9.17, 15) is 19.7 Å². The molecule has 0 aliphatic heterocycles. The molecule has 1 aromatic heterocycles. The first-order valence-electron chi connectivity index (χ1n) is 7.91. The maximum atomic E-state index is 12.2. The predicted molar refractivity (Wildman–Crippen MR) is 86.2 cm³/mol. The first-order valence-corrected chi connectivity index (χ1v) is 7.91. The number of nitro groups is 1. The van der Waals surface area contributed by atoms with Crippen LogP contribution in [0, 0.1) is 33.3 Å². The minimum Gasteiger partial charge on any atom is -0.352 e. The third kappa shape index (κ3) is 3.79. The first-order chi connectivity index (χ1) is 11.3. The SMILES string of the molecule is C[C@@H]1[C@@H](C)CCC[C@H]1NC(=O)Cn1cc([N+](=O)[O-])cc(C#N)c1=O. The Morgan fingerprint density at radius 3 is 2.83 bits per heavy atom. The van der Waals surface area contributed by atoms with Gasteiger partial charge in [-0.25, -0.2) is 0 Å². The Morgan fingerprint density at radius 2 is 2.21 bits per heavy atom. The molecule has 1 fully saturated rings. The van der Waals surface area contributed by atoms with Crippen molar-refractivity contribution in [1.82, 2.24) is 9.88 Å². The van der Waals surface area contributed by atoms with Gasteiger partial charge in [0.15, 0.2) is 0 Å². The first kappa shape index (κ1) is 17.7. The molecule has 8 nitrogen and oxygen atoms in total. The number of hydrogen-bond acceptors (Lipinski definition) is 5. The smallest absolute Gasteiger partial charge is 0.287 e. The molecule has 8 heteroatoms. The number of nitriles is 1. The van der Waals surface area contributed by atoms with Crippen LogP contribution in [-0.2, 0) is 11.3 Å². The lowest BCUT2D eigenvalue weighted by Gasteiger charge is -2.34. The second-order valence-corrected chi connectivity index (χ2v) is 6.36. The minimum atomic E-state index is -0.705. The quantitative estimate of drug-likeness (QED) is 0.663. The molecule has 1 heterocycles. The number of hydrogen-bond donors (Lipinski definition) is 1. The van der Waals surface area contributed by atoms with E-state index in [0.29, 0.717) is 11.8 Å². The average molecular weight is 332 g/mol. The van der Waals surface area contributed by atoms with Crippen LogP contribution in [0.3, 0.4) is 0 Å². The van der Waals surface area contributed by atoms with E-state index in [0.717, 1.165) is 36.1 Å². The normalized spacial score (nSPS) is 23.3. The number of nitrogens with one attached hydrogen (secondary N) is 1. The van der Waals surface area contributed by atoms with Gasteiger partial charge in [0.1, 0.15) is 18.2 Å². The second kappa shape index (κ2) is 7.25. The lowest BCUT2D eigenvalue weighted by molar-refractivity contribution is -0.385. The lowest BCUT2D eigenvalue weighted by atomic mass is 9.78. The van der Waals surface area contributed by atoms with Crippen molar-refractivity contribution in [1.29, 1.82) is 5.26 Å². The molecule has 1 N–H and O–H groups in total. The highest BCUT2D eigenvalue weighted by atomic mass is 16.6. The number of rotatable bonds is 4. The Hall–Kier alpha value is -2.69. The summed E-state index contributed by atoms with van der Waals surface area (Å²) in [5.74, 6) is 0.460. The topological polar surface area (TPSA) is 118 Å². The molecule has 1 aliphatic rings. The molecule has 0 aromatic carbocycles. The predicted octanol–water partition coefficient (Wildman–Crippen LogP) is 1.57. The van der Waals surface area contributed by atoms with Crippen LogP contribution in [-0.4, -0.2) is 21.4 Å². The summed E-state index contributed by atoms with van der Waals surface area (Å²) in [6.07, 6.45) is 4.04. The monoisotopic (exact) mass is 332 g/mol. The summed E-state index contributed by atoms with van der Waals surface area (Å²) in [6.45, 7) is 3.89. The van der Waals surface area contributed by atoms with Gasteiger partial charge < -0.3 is 5.32 Å². The molecular formula is C16H20N4O4. The molecule has 0 spiro atoms. The number of carbonyl (C=O) groups excluding carboxylic acids is 1. The van der Waals surface area contributed by atoms with Crippen molar-refractivity contribution in [3.8, 4) is 6.07 Å². The van der Waals surface area contributed by atoms with Gasteiger partial charge in [0.05, 0.1) is 11.1 Å². The van der Waals surface area contributed by atoms with E-state index in [1.807, 2.05) is 0 Å². The standard InChI is InChI=1S/C16H20N4O4/c1-10-4-3-5-14(11(10)2)18-15(21)9-19-8-13(20(23)24)6-12(7-17)16(19)22/h6,8,10-11,14H,3-5,9H2,1-2H3,(H,18,21)/t10-,11+,14+/m0/s1. The van der Waals surface area contributed by atoms with Gasteiger partial charge in [-0.1, -0.05) is 26.7 Å². The summed E-state index contributed by atoms with van der Waals surface area (Å²) in [5.41, 5.74) is -1.45. The Kier molecular flexibility index (Phi) is 5.34. The van der Waals surface area contributed by atoms with Crippen LogP contribution in [0.25, 0.3) is 0 Å². The zero-order chi connectivity index (χ0) is 17.9. The van der Waals surface area contributed by atoms with Gasteiger partial charge in [0.25, 0.3) is 11.2 Å². The van der Waals surface area contributed by atoms with Gasteiger partial charge in [-0.2, -0.15) is 5.26 Å². The second-order valence-electron chi connectivity index (χ2n) is 6.36. The van der Waals surface area contributed by atoms with Crippen LogP contribution in [0.4, 0.5) is 5.69 Å². The van der Waals surface area contributed by atoms with Crippen molar-refractivity contribution in [3.05, 3.63) is 38.3 Å². The number of aromatic nitrogens is 1. The molecule has 1 aromatic rings. The van der Waals surface area contributed by atoms with Crippen molar-refractivity contribution < 1.29 is 9.72 Å². The molecule has 1 amide bonds. The maximum absolute atomic E-state index is 12.2. The molecule has 1 aliphatic carbocycles. The fraction of sp³-hybridized carbons (Fsp3) is 0.562. The van der Waals surface area contributed by atoms with Gasteiger partial charge in [0.2, 0.25) is 5.91 Å². The molecule has 0 bridgehead atoms. The van der Waals surface area contributed by atoms with Crippen molar-refractivity contribution >= 4 is 11.6 Å². The average Bonchev–Trinajstić information content (AvgIpc) is 2.53. The Balaban J connectivity index is 2.17. The van der Waals surface area contributed by atoms with Gasteiger partial charge >= 0.3 is 0 Å². The largest absolute Gasteiger partial charge is 0.352 e. The third-order valence-electron chi connectivity index (χ3n) is 4.77. The minimum absolute atomic E-state index is 0.0334. The van der Waals surface area contributed by atoms with Crippen LogP contribution in [0.15, 0.2) is 17.1 Å². The zero-order valence-electron chi connectivity index (χ0n) is 13.7. The van der Waals surface area contributed by atoms with Crippen molar-refractivity contribution in [2.75, 3.05) is 0 Å². The fourth-order valence-corrected chi connectivity index (χ4v) is 3.11. The zero-order valence-corrected chi connectivity index (χ0v) is 13.7. The highest BCUT2D eigenvalue weighted by Gasteiger charge is 2.28. The van der Waals surface area contributed by atoms with E-state index in [-0.39, 0.29) is 24.1 Å². The van der Waals surface area contributed by atoms with Crippen molar-refractivity contribution in [2.24, 2.45) is 11.8 Å². The molecule has 128 valence electrons. The number of amides is 1. The molecule has 0 radical (unpaired) electrons. The maximum Gasteiger partial charge on any atom is 0.287 e. The number of nitrogens with zero attached hydrogens (tertiary/aromatic N) is 3. The summed E-state index contributed by atoms with van der Waals surface area (Å²) in [6, 6.07) is 2.58. The van der Waals surface area contributed by atoms with Crippen molar-refractivity contribution in [3.63, 3.8) is 0 Å². The third-order valence-corrected chi connectivity index (χ3v) is 4.77. The Morgan fingerprint density at radius 1 is 1.50 bits per heavy atom. The molecular weight excluding hydrogens is 312 g/mol. The van der Waals surface area contributed by atoms with Gasteiger partial charge in [-0.05, 0) is 18.3 Å². The van der Waals surface area contributed by atoms with E-state index in [1.165, 1.54) is 0 Å². The van der Waals surface area contributed by atoms with E-state index >= 15 is 0 Å². The molecule has 3 atom stereocenters. The molecule has 0 saturated heterocycles. The van der Waals surface area contributed by atoms with E-state index in [4.69, 9.17) is 5.26 Å². The van der Waals surface area contributed by atoms with Crippen LogP contribution < -0.4 is 10.9 Å². The lowest BCUT2D eigenvalue weighted by Crippen LogP contribution is -2.45. The van der Waals surface area contributed by atoms with Gasteiger partial charge in [-0.15, -0.1) is 0 Å². The van der Waals surface area contributed by atoms with Gasteiger partial charge in [0, 0.05) is 12.1 Å². The van der Waals surface area contributed by atoms with Crippen LogP contribution in [0.5, 0.6) is 0 Å². The highest BCUT2D eigenvalue weighted by Crippen LogP contribution is 2.29. The summed E-state index contributed by atoms with van der Waals surface area (Å²) in [5, 5.41) is 22.7. The van der Waals surface area contributed by atoms with Crippen molar-refractivity contribution in [2.45, 2.75) is 45.7 Å². The number of carbonyl (C=O) groups is 1. The van der Waals surface area contributed by atoms with Crippen LogP contribution >= 0.6 is 0 Å². The molecule has 0 unspecified atom stereocenters. The Labute approximate surface area is 139 Å². The highest BCUT2D eigenvalue weighted by molar-refractivity contribution is 5.76. The molecule has 2 rings (SSSR count). The Bertz CT molecular complexity index is 749. The summed E-state index contributed by atoms with van der Waals surface area (Å²) in [7, 11) is 0. The summed E-state index contributed by atoms with van der Waals surface area (Å²) < 4.78 is 0.920.